The molecule has 1 amide bonds. The molecule has 156 valence electrons. The average Bonchev–Trinajstić information content (AvgIpc) is 2.40. The number of carbonyl (C=O) groups excluding carboxylic acids is 1. The predicted octanol–water partition coefficient (Wildman–Crippen LogP) is 5.58. The van der Waals surface area contributed by atoms with Crippen LogP contribution in [0.4, 0.5) is 0 Å². The van der Waals surface area contributed by atoms with E-state index in [-0.39, 0.29) is 11.9 Å². The molecule has 0 aliphatic rings. The van der Waals surface area contributed by atoms with Crippen LogP contribution in [0.5, 0.6) is 0 Å². The Kier molecular flexibility index (Phi) is 11.1. The van der Waals surface area contributed by atoms with Crippen molar-refractivity contribution in [2.75, 3.05) is 13.1 Å². The van der Waals surface area contributed by atoms with Gasteiger partial charge in [-0.1, -0.05) is 69.2 Å². The van der Waals surface area contributed by atoms with Gasteiger partial charge in [-0.15, -0.1) is 0 Å². The summed E-state index contributed by atoms with van der Waals surface area (Å²) in [5, 5.41) is 0. The maximum absolute atomic E-state index is 13.0. The Morgan fingerprint density at radius 3 is 1.35 bits per heavy atom. The normalized spacial score (nSPS) is 14.5. The fourth-order valence-electron chi connectivity index (χ4n) is 4.62. The van der Waals surface area contributed by atoms with Crippen molar-refractivity contribution in [1.82, 2.24) is 4.90 Å². The van der Waals surface area contributed by atoms with E-state index >= 15 is 0 Å². The van der Waals surface area contributed by atoms with Crippen LogP contribution in [-0.2, 0) is 4.79 Å². The molecule has 1 unspecified atom stereocenters. The Bertz CT molecular complexity index is 379. The van der Waals surface area contributed by atoms with Gasteiger partial charge in [0.1, 0.15) is 0 Å². The molecule has 0 aliphatic heterocycles. The number of hydrogen-bond acceptors (Lipinski definition) is 2. The van der Waals surface area contributed by atoms with Crippen LogP contribution < -0.4 is 5.73 Å². The standard InChI is InChI=1S/C23H48N2O/c1-16(2)11-21(25(14-19(7)8)15-20(9)10)23(22(24)26,12-17(3)4)13-18(5)6/h16-21H,11-15H2,1-10H3,(H2,24,26). The van der Waals surface area contributed by atoms with E-state index in [1.807, 2.05) is 0 Å². The van der Waals surface area contributed by atoms with Crippen LogP contribution in [0.15, 0.2) is 0 Å². The van der Waals surface area contributed by atoms with Crippen LogP contribution >= 0.6 is 0 Å². The van der Waals surface area contributed by atoms with E-state index in [1.165, 1.54) is 0 Å². The summed E-state index contributed by atoms with van der Waals surface area (Å²) in [6, 6.07) is 0.217. The number of carbonyl (C=O) groups is 1. The van der Waals surface area contributed by atoms with Gasteiger partial charge in [0, 0.05) is 19.1 Å². The molecule has 1 atom stereocenters. The van der Waals surface area contributed by atoms with Crippen molar-refractivity contribution in [3.8, 4) is 0 Å². The third kappa shape index (κ3) is 8.41. The van der Waals surface area contributed by atoms with E-state index in [9.17, 15) is 4.79 Å². The molecule has 26 heavy (non-hydrogen) atoms. The second kappa shape index (κ2) is 11.3. The van der Waals surface area contributed by atoms with Crippen molar-refractivity contribution in [3.63, 3.8) is 0 Å². The van der Waals surface area contributed by atoms with E-state index < -0.39 is 5.41 Å². The molecule has 3 nitrogen and oxygen atoms in total. The molecule has 0 aliphatic carbocycles. The third-order valence-electron chi connectivity index (χ3n) is 5.01. The average molecular weight is 369 g/mol. The van der Waals surface area contributed by atoms with Crippen LogP contribution in [0.1, 0.15) is 88.5 Å². The van der Waals surface area contributed by atoms with E-state index in [2.05, 4.69) is 74.1 Å². The summed E-state index contributed by atoms with van der Waals surface area (Å²) >= 11 is 0. The predicted molar refractivity (Wildman–Crippen MR) is 115 cm³/mol. The van der Waals surface area contributed by atoms with E-state index in [4.69, 9.17) is 5.73 Å². The molecule has 2 N–H and O–H groups in total. The van der Waals surface area contributed by atoms with Crippen molar-refractivity contribution >= 4 is 5.91 Å². The fraction of sp³-hybridized carbons (Fsp3) is 0.957. The Morgan fingerprint density at radius 1 is 0.731 bits per heavy atom. The van der Waals surface area contributed by atoms with Gasteiger partial charge in [-0.25, -0.2) is 0 Å². The number of nitrogens with zero attached hydrogens (tertiary/aromatic N) is 1. The topological polar surface area (TPSA) is 46.3 Å². The minimum Gasteiger partial charge on any atom is -0.369 e. The maximum atomic E-state index is 13.0. The summed E-state index contributed by atoms with van der Waals surface area (Å²) in [5.74, 6) is 2.51. The molecule has 0 saturated carbocycles. The molecule has 3 heteroatoms. The molecule has 0 bridgehead atoms. The minimum atomic E-state index is -0.448. The minimum absolute atomic E-state index is 0.0944. The lowest BCUT2D eigenvalue weighted by atomic mass is 9.66. The summed E-state index contributed by atoms with van der Waals surface area (Å²) in [6.45, 7) is 24.6. The first-order valence-electron chi connectivity index (χ1n) is 10.9. The van der Waals surface area contributed by atoms with Crippen LogP contribution in [0.2, 0.25) is 0 Å². The number of rotatable bonds is 13. The van der Waals surface area contributed by atoms with Crippen LogP contribution in [0.3, 0.4) is 0 Å². The number of primary amides is 1. The van der Waals surface area contributed by atoms with Gasteiger partial charge in [0.2, 0.25) is 5.91 Å². The van der Waals surface area contributed by atoms with E-state index in [0.29, 0.717) is 29.6 Å². The third-order valence-corrected chi connectivity index (χ3v) is 5.01. The van der Waals surface area contributed by atoms with Gasteiger partial charge in [-0.05, 0) is 48.9 Å². The van der Waals surface area contributed by atoms with Gasteiger partial charge in [0.25, 0.3) is 0 Å². The van der Waals surface area contributed by atoms with Gasteiger partial charge in [0.15, 0.2) is 0 Å². The lowest BCUT2D eigenvalue weighted by Gasteiger charge is -2.48. The zero-order valence-electron chi connectivity index (χ0n) is 19.4. The summed E-state index contributed by atoms with van der Waals surface area (Å²) in [4.78, 5) is 15.6. The van der Waals surface area contributed by atoms with E-state index in [0.717, 1.165) is 32.4 Å². The summed E-state index contributed by atoms with van der Waals surface area (Å²) in [6.07, 6.45) is 2.79. The smallest absolute Gasteiger partial charge is 0.225 e. The highest BCUT2D eigenvalue weighted by Gasteiger charge is 2.47. The van der Waals surface area contributed by atoms with Crippen molar-refractivity contribution in [2.45, 2.75) is 94.5 Å². The lowest BCUT2D eigenvalue weighted by Crippen LogP contribution is -2.57. The van der Waals surface area contributed by atoms with Crippen LogP contribution in [-0.4, -0.2) is 29.9 Å². The Morgan fingerprint density at radius 2 is 1.12 bits per heavy atom. The first-order chi connectivity index (χ1) is 11.8. The van der Waals surface area contributed by atoms with Crippen LogP contribution in [0.25, 0.3) is 0 Å². The zero-order valence-corrected chi connectivity index (χ0v) is 19.4. The number of amides is 1. The Labute approximate surface area is 164 Å². The molecule has 0 radical (unpaired) electrons. The second-order valence-electron chi connectivity index (χ2n) is 10.6. The van der Waals surface area contributed by atoms with Gasteiger partial charge in [0.05, 0.1) is 5.41 Å². The largest absolute Gasteiger partial charge is 0.369 e. The van der Waals surface area contributed by atoms with Gasteiger partial charge >= 0.3 is 0 Å². The number of hydrogen-bond donors (Lipinski definition) is 1. The molecule has 0 aromatic rings. The van der Waals surface area contributed by atoms with Crippen molar-refractivity contribution in [3.05, 3.63) is 0 Å². The lowest BCUT2D eigenvalue weighted by molar-refractivity contribution is -0.136. The zero-order chi connectivity index (χ0) is 20.7. The molecular weight excluding hydrogens is 320 g/mol. The second-order valence-corrected chi connectivity index (χ2v) is 10.6. The highest BCUT2D eigenvalue weighted by molar-refractivity contribution is 5.81. The maximum Gasteiger partial charge on any atom is 0.225 e. The molecule has 0 heterocycles. The van der Waals surface area contributed by atoms with Gasteiger partial charge in [-0.3, -0.25) is 9.69 Å². The van der Waals surface area contributed by atoms with Crippen molar-refractivity contribution in [2.24, 2.45) is 40.7 Å². The fourth-order valence-corrected chi connectivity index (χ4v) is 4.62. The summed E-state index contributed by atoms with van der Waals surface area (Å²) in [5.41, 5.74) is 5.73. The molecule has 0 rings (SSSR count). The molecule has 0 fully saturated rings. The summed E-state index contributed by atoms with van der Waals surface area (Å²) in [7, 11) is 0. The molecule has 0 aromatic heterocycles. The molecule has 0 saturated heterocycles. The van der Waals surface area contributed by atoms with Crippen molar-refractivity contribution < 1.29 is 4.79 Å². The first-order valence-corrected chi connectivity index (χ1v) is 10.9. The van der Waals surface area contributed by atoms with Gasteiger partial charge in [-0.2, -0.15) is 0 Å². The highest BCUT2D eigenvalue weighted by Crippen LogP contribution is 2.42. The monoisotopic (exact) mass is 368 g/mol. The van der Waals surface area contributed by atoms with E-state index in [1.54, 1.807) is 0 Å². The van der Waals surface area contributed by atoms with Crippen molar-refractivity contribution in [1.29, 1.82) is 0 Å². The molecule has 0 aromatic carbocycles. The molecular formula is C23H48N2O. The molecule has 0 spiro atoms. The first kappa shape index (κ1) is 25.4. The Hall–Kier alpha value is -0.570. The number of nitrogens with two attached hydrogens (primary N) is 1. The van der Waals surface area contributed by atoms with Crippen LogP contribution in [0, 0.1) is 35.0 Å². The SMILES string of the molecule is CC(C)CC(N(CC(C)C)CC(C)C)C(CC(C)C)(CC(C)C)C(N)=O. The quantitative estimate of drug-likeness (QED) is 0.461. The van der Waals surface area contributed by atoms with Gasteiger partial charge < -0.3 is 5.73 Å². The summed E-state index contributed by atoms with van der Waals surface area (Å²) < 4.78 is 0. The Balaban J connectivity index is 6.24. The highest BCUT2D eigenvalue weighted by atomic mass is 16.1.